The highest BCUT2D eigenvalue weighted by Crippen LogP contribution is 2.05. The summed E-state index contributed by atoms with van der Waals surface area (Å²) in [4.78, 5) is 34.6. The predicted molar refractivity (Wildman–Crippen MR) is 91.4 cm³/mol. The lowest BCUT2D eigenvalue weighted by atomic mass is 10.0. The summed E-state index contributed by atoms with van der Waals surface area (Å²) in [6, 6.07) is 8.94. The highest BCUT2D eigenvalue weighted by molar-refractivity contribution is 5.87. The van der Waals surface area contributed by atoms with Crippen molar-refractivity contribution >= 4 is 17.8 Å². The Morgan fingerprint density at radius 1 is 1.08 bits per heavy atom. The summed E-state index contributed by atoms with van der Waals surface area (Å²) >= 11 is 0. The summed E-state index contributed by atoms with van der Waals surface area (Å²) < 4.78 is 0. The van der Waals surface area contributed by atoms with Gasteiger partial charge in [-0.25, -0.2) is 4.79 Å². The Morgan fingerprint density at radius 2 is 1.75 bits per heavy atom. The summed E-state index contributed by atoms with van der Waals surface area (Å²) in [5, 5.41) is 14.0. The van der Waals surface area contributed by atoms with Crippen molar-refractivity contribution in [2.75, 3.05) is 6.54 Å². The molecule has 0 radical (unpaired) electrons. The first-order chi connectivity index (χ1) is 11.4. The van der Waals surface area contributed by atoms with E-state index in [1.807, 2.05) is 44.2 Å². The minimum Gasteiger partial charge on any atom is -0.480 e. The second kappa shape index (κ2) is 10.4. The molecule has 2 amide bonds. The number of hydrogen-bond acceptors (Lipinski definition) is 3. The van der Waals surface area contributed by atoms with Crippen molar-refractivity contribution in [3.8, 4) is 0 Å². The molecule has 0 aliphatic rings. The second-order valence-corrected chi connectivity index (χ2v) is 6.20. The van der Waals surface area contributed by atoms with Gasteiger partial charge in [-0.1, -0.05) is 44.2 Å². The van der Waals surface area contributed by atoms with Gasteiger partial charge in [-0.2, -0.15) is 0 Å². The number of carbonyl (C=O) groups is 3. The van der Waals surface area contributed by atoms with Crippen LogP contribution in [0.25, 0.3) is 0 Å². The third-order valence-corrected chi connectivity index (χ3v) is 3.50. The lowest BCUT2D eigenvalue weighted by molar-refractivity contribution is -0.142. The van der Waals surface area contributed by atoms with Crippen molar-refractivity contribution in [1.29, 1.82) is 0 Å². The standard InChI is InChI=1S/C18H26N2O4/c1-13(2)11-15(18(23)24)20-17(22)12-19-16(21)10-6-9-14-7-4-3-5-8-14/h3-5,7-8,13,15H,6,9-12H2,1-2H3,(H,19,21)(H,20,22)(H,23,24)/t15-/m0/s1. The van der Waals surface area contributed by atoms with Crippen LogP contribution in [0, 0.1) is 5.92 Å². The maximum Gasteiger partial charge on any atom is 0.326 e. The second-order valence-electron chi connectivity index (χ2n) is 6.20. The summed E-state index contributed by atoms with van der Waals surface area (Å²) in [5.74, 6) is -1.61. The largest absolute Gasteiger partial charge is 0.480 e. The van der Waals surface area contributed by atoms with E-state index in [0.29, 0.717) is 19.3 Å². The number of hydrogen-bond donors (Lipinski definition) is 3. The van der Waals surface area contributed by atoms with E-state index in [-0.39, 0.29) is 18.4 Å². The van der Waals surface area contributed by atoms with Gasteiger partial charge in [0.1, 0.15) is 6.04 Å². The molecule has 3 N–H and O–H groups in total. The van der Waals surface area contributed by atoms with Crippen LogP contribution in [0.1, 0.15) is 38.7 Å². The van der Waals surface area contributed by atoms with E-state index in [4.69, 9.17) is 5.11 Å². The molecule has 0 aliphatic carbocycles. The number of aliphatic carboxylic acids is 1. The highest BCUT2D eigenvalue weighted by Gasteiger charge is 2.21. The van der Waals surface area contributed by atoms with Crippen LogP contribution in [-0.2, 0) is 20.8 Å². The van der Waals surface area contributed by atoms with Crippen molar-refractivity contribution in [3.63, 3.8) is 0 Å². The van der Waals surface area contributed by atoms with Crippen LogP contribution in [-0.4, -0.2) is 35.5 Å². The Labute approximate surface area is 142 Å². The molecule has 0 unspecified atom stereocenters. The Morgan fingerprint density at radius 3 is 2.33 bits per heavy atom. The van der Waals surface area contributed by atoms with E-state index < -0.39 is 17.9 Å². The van der Waals surface area contributed by atoms with Crippen LogP contribution in [0.4, 0.5) is 0 Å². The molecule has 1 aromatic rings. The summed E-state index contributed by atoms with van der Waals surface area (Å²) in [5.41, 5.74) is 1.17. The van der Waals surface area contributed by atoms with E-state index in [9.17, 15) is 14.4 Å². The van der Waals surface area contributed by atoms with Gasteiger partial charge >= 0.3 is 5.97 Å². The number of carboxylic acid groups (broad SMARTS) is 1. The number of benzene rings is 1. The molecule has 0 bridgehead atoms. The third-order valence-electron chi connectivity index (χ3n) is 3.50. The molecule has 1 atom stereocenters. The Hall–Kier alpha value is -2.37. The molecule has 0 saturated heterocycles. The molecule has 1 rings (SSSR count). The minimum absolute atomic E-state index is 0.152. The SMILES string of the molecule is CC(C)C[C@H](NC(=O)CNC(=O)CCCc1ccccc1)C(=O)O. The van der Waals surface area contributed by atoms with Crippen LogP contribution >= 0.6 is 0 Å². The maximum absolute atomic E-state index is 11.7. The number of rotatable bonds is 10. The van der Waals surface area contributed by atoms with Gasteiger partial charge in [0.15, 0.2) is 0 Å². The number of nitrogens with one attached hydrogen (secondary N) is 2. The van der Waals surface area contributed by atoms with E-state index in [2.05, 4.69) is 10.6 Å². The van der Waals surface area contributed by atoms with E-state index >= 15 is 0 Å². The van der Waals surface area contributed by atoms with Gasteiger partial charge in [-0.3, -0.25) is 9.59 Å². The van der Waals surface area contributed by atoms with Crippen molar-refractivity contribution in [2.45, 2.75) is 45.6 Å². The first-order valence-corrected chi connectivity index (χ1v) is 8.21. The topological polar surface area (TPSA) is 95.5 Å². The Kier molecular flexibility index (Phi) is 8.54. The minimum atomic E-state index is -1.06. The van der Waals surface area contributed by atoms with Gasteiger partial charge in [0.2, 0.25) is 11.8 Å². The van der Waals surface area contributed by atoms with Crippen LogP contribution < -0.4 is 10.6 Å². The van der Waals surface area contributed by atoms with Gasteiger partial charge in [0.25, 0.3) is 0 Å². The highest BCUT2D eigenvalue weighted by atomic mass is 16.4. The number of carbonyl (C=O) groups excluding carboxylic acids is 2. The van der Waals surface area contributed by atoms with Crippen molar-refractivity contribution in [2.24, 2.45) is 5.92 Å². The Bertz CT molecular complexity index is 543. The zero-order valence-electron chi connectivity index (χ0n) is 14.2. The fourth-order valence-corrected chi connectivity index (χ4v) is 2.30. The predicted octanol–water partition coefficient (Wildman–Crippen LogP) is 1.74. The van der Waals surface area contributed by atoms with Crippen LogP contribution in [0.3, 0.4) is 0 Å². The molecular weight excluding hydrogens is 308 g/mol. The van der Waals surface area contributed by atoms with E-state index in [0.717, 1.165) is 6.42 Å². The van der Waals surface area contributed by atoms with Gasteiger partial charge < -0.3 is 15.7 Å². The van der Waals surface area contributed by atoms with Crippen LogP contribution in [0.2, 0.25) is 0 Å². The van der Waals surface area contributed by atoms with Crippen molar-refractivity contribution < 1.29 is 19.5 Å². The number of carboxylic acids is 1. The average molecular weight is 334 g/mol. The molecule has 24 heavy (non-hydrogen) atoms. The average Bonchev–Trinajstić information content (AvgIpc) is 2.53. The molecule has 6 heteroatoms. The first-order valence-electron chi connectivity index (χ1n) is 8.21. The fraction of sp³-hybridized carbons (Fsp3) is 0.500. The first kappa shape index (κ1) is 19.7. The van der Waals surface area contributed by atoms with Gasteiger partial charge in [0.05, 0.1) is 6.54 Å². The maximum atomic E-state index is 11.7. The molecule has 1 aromatic carbocycles. The molecule has 0 heterocycles. The van der Waals surface area contributed by atoms with Crippen molar-refractivity contribution in [3.05, 3.63) is 35.9 Å². The molecule has 0 saturated carbocycles. The molecule has 6 nitrogen and oxygen atoms in total. The quantitative estimate of drug-likeness (QED) is 0.607. The number of amides is 2. The van der Waals surface area contributed by atoms with Gasteiger partial charge in [-0.05, 0) is 30.7 Å². The van der Waals surface area contributed by atoms with E-state index in [1.54, 1.807) is 0 Å². The van der Waals surface area contributed by atoms with Crippen LogP contribution in [0.15, 0.2) is 30.3 Å². The summed E-state index contributed by atoms with van der Waals surface area (Å²) in [6.45, 7) is 3.57. The number of aryl methyl sites for hydroxylation is 1. The summed E-state index contributed by atoms with van der Waals surface area (Å²) in [7, 11) is 0. The molecule has 132 valence electrons. The van der Waals surface area contributed by atoms with Crippen molar-refractivity contribution in [1.82, 2.24) is 10.6 Å². The lowest BCUT2D eigenvalue weighted by Crippen LogP contribution is -2.46. The van der Waals surface area contributed by atoms with Gasteiger partial charge in [0, 0.05) is 6.42 Å². The lowest BCUT2D eigenvalue weighted by Gasteiger charge is -2.16. The van der Waals surface area contributed by atoms with Crippen LogP contribution in [0.5, 0.6) is 0 Å². The molecule has 0 aromatic heterocycles. The summed E-state index contributed by atoms with van der Waals surface area (Å²) in [6.07, 6.45) is 2.18. The zero-order valence-corrected chi connectivity index (χ0v) is 14.2. The molecule has 0 fully saturated rings. The van der Waals surface area contributed by atoms with Gasteiger partial charge in [-0.15, -0.1) is 0 Å². The monoisotopic (exact) mass is 334 g/mol. The molecule has 0 spiro atoms. The zero-order chi connectivity index (χ0) is 17.9. The fourth-order valence-electron chi connectivity index (χ4n) is 2.30. The Balaban J connectivity index is 2.25. The van der Waals surface area contributed by atoms with E-state index in [1.165, 1.54) is 5.56 Å². The molecule has 0 aliphatic heterocycles. The smallest absolute Gasteiger partial charge is 0.326 e. The third kappa shape index (κ3) is 8.31. The normalized spacial score (nSPS) is 11.8. The molecular formula is C18H26N2O4.